The number of fused-ring (bicyclic) bond motifs is 2. The first-order valence-electron chi connectivity index (χ1n) is 13.8. The summed E-state index contributed by atoms with van der Waals surface area (Å²) < 4.78 is 32.3. The number of anilines is 1. The highest BCUT2D eigenvalue weighted by Crippen LogP contribution is 2.43. The summed E-state index contributed by atoms with van der Waals surface area (Å²) >= 11 is 0. The average Bonchev–Trinajstić information content (AvgIpc) is 3.49. The molecule has 0 radical (unpaired) electrons. The highest BCUT2D eigenvalue weighted by molar-refractivity contribution is 7.92. The Bertz CT molecular complexity index is 1690. The van der Waals surface area contributed by atoms with E-state index in [1.807, 2.05) is 43.3 Å². The van der Waals surface area contributed by atoms with Gasteiger partial charge in [-0.1, -0.05) is 60.7 Å². The van der Waals surface area contributed by atoms with Gasteiger partial charge in [-0.3, -0.25) is 4.90 Å². The third kappa shape index (κ3) is 5.58. The molecule has 2 unspecified atom stereocenters. The van der Waals surface area contributed by atoms with Crippen LogP contribution in [0.3, 0.4) is 0 Å². The van der Waals surface area contributed by atoms with Crippen molar-refractivity contribution in [3.05, 3.63) is 124 Å². The zero-order valence-corrected chi connectivity index (χ0v) is 23.9. The number of hydrogen-bond acceptors (Lipinski definition) is 5. The van der Waals surface area contributed by atoms with Gasteiger partial charge in [-0.15, -0.1) is 0 Å². The molecule has 0 bridgehead atoms. The van der Waals surface area contributed by atoms with Crippen LogP contribution in [-0.4, -0.2) is 26.5 Å². The number of nitrogens with zero attached hydrogens (tertiary/aromatic N) is 1. The number of benzene rings is 4. The summed E-state index contributed by atoms with van der Waals surface area (Å²) in [6.07, 6.45) is 0.379. The van der Waals surface area contributed by atoms with Gasteiger partial charge in [0.25, 0.3) is 0 Å². The summed E-state index contributed by atoms with van der Waals surface area (Å²) in [6, 6.07) is 28.5. The van der Waals surface area contributed by atoms with Crippen LogP contribution in [0.2, 0.25) is 0 Å². The Morgan fingerprint density at radius 1 is 0.927 bits per heavy atom. The van der Waals surface area contributed by atoms with E-state index < -0.39 is 15.1 Å². The molecule has 6 rings (SSSR count). The minimum atomic E-state index is -3.54. The molecule has 0 aliphatic carbocycles. The number of methoxy groups -OCH3 is 1. The van der Waals surface area contributed by atoms with Crippen molar-refractivity contribution in [1.29, 1.82) is 0 Å². The lowest BCUT2D eigenvalue weighted by Gasteiger charge is -2.16. The molecular weight excluding hydrogens is 534 g/mol. The molecule has 2 heterocycles. The lowest BCUT2D eigenvalue weighted by molar-refractivity contribution is 0.249. The maximum absolute atomic E-state index is 13.6. The molecule has 2 aliphatic heterocycles. The van der Waals surface area contributed by atoms with Crippen LogP contribution in [0, 0.1) is 0 Å². The van der Waals surface area contributed by atoms with Crippen LogP contribution in [0.15, 0.2) is 95.9 Å². The number of amides is 2. The number of carbonyl (C=O) groups excluding carboxylic acids is 1. The van der Waals surface area contributed by atoms with Crippen molar-refractivity contribution in [1.82, 2.24) is 10.2 Å². The number of nitrogens with one attached hydrogen (secondary N) is 2. The maximum Gasteiger partial charge on any atom is 0.319 e. The summed E-state index contributed by atoms with van der Waals surface area (Å²) in [4.78, 5) is 15.4. The number of ether oxygens (including phenoxy) is 1. The summed E-state index contributed by atoms with van der Waals surface area (Å²) in [5, 5.41) is 5.16. The second kappa shape index (κ2) is 11.0. The summed E-state index contributed by atoms with van der Waals surface area (Å²) in [7, 11) is -1.93. The van der Waals surface area contributed by atoms with E-state index in [1.54, 1.807) is 25.3 Å². The van der Waals surface area contributed by atoms with Crippen LogP contribution < -0.4 is 15.4 Å². The van der Waals surface area contributed by atoms with Crippen LogP contribution in [0.4, 0.5) is 10.5 Å². The highest BCUT2D eigenvalue weighted by Gasteiger charge is 2.38. The normalized spacial score (nSPS) is 17.9. The van der Waals surface area contributed by atoms with Crippen LogP contribution in [-0.2, 0) is 35.9 Å². The molecule has 4 aromatic rings. The van der Waals surface area contributed by atoms with E-state index >= 15 is 0 Å². The number of hydrogen-bond donors (Lipinski definition) is 2. The summed E-state index contributed by atoms with van der Waals surface area (Å²) in [5.74, 6) is 0.752. The van der Waals surface area contributed by atoms with Crippen LogP contribution in [0.1, 0.15) is 51.6 Å². The zero-order valence-electron chi connectivity index (χ0n) is 23.1. The fourth-order valence-electron chi connectivity index (χ4n) is 5.83. The summed E-state index contributed by atoms with van der Waals surface area (Å²) in [5.41, 5.74) is 6.76. The third-order valence-electron chi connectivity index (χ3n) is 8.01. The Balaban J connectivity index is 1.13. The average molecular weight is 568 g/mol. The van der Waals surface area contributed by atoms with Gasteiger partial charge in [-0.05, 0) is 77.1 Å². The molecule has 7 nitrogen and oxygen atoms in total. The smallest absolute Gasteiger partial charge is 0.319 e. The van der Waals surface area contributed by atoms with E-state index in [4.69, 9.17) is 4.74 Å². The zero-order chi connectivity index (χ0) is 28.6. The largest absolute Gasteiger partial charge is 0.497 e. The quantitative estimate of drug-likeness (QED) is 0.279. The van der Waals surface area contributed by atoms with Gasteiger partial charge in [-0.2, -0.15) is 0 Å². The first-order valence-corrected chi connectivity index (χ1v) is 15.3. The molecule has 2 amide bonds. The highest BCUT2D eigenvalue weighted by atomic mass is 32.2. The number of carbonyl (C=O) groups is 1. The Labute approximate surface area is 241 Å². The third-order valence-corrected chi connectivity index (χ3v) is 10.2. The standard InChI is InChI=1S/C33H33N3O4S/c1-22(24-10-13-30(40-2)14-11-24)34-33(37)35-29-12-15-31-27(17-29)18-32(41(31,38)39)25-8-9-26-20-36(21-28(26)16-25)19-23-6-4-3-5-7-23/h3-17,22,32H,18-21H2,1-2H3,(H2,34,35,37). The van der Waals surface area contributed by atoms with E-state index in [0.717, 1.165) is 42.1 Å². The van der Waals surface area contributed by atoms with Gasteiger partial charge in [0.05, 0.1) is 23.3 Å². The van der Waals surface area contributed by atoms with Crippen molar-refractivity contribution in [3.8, 4) is 5.75 Å². The predicted octanol–water partition coefficient (Wildman–Crippen LogP) is 6.16. The summed E-state index contributed by atoms with van der Waals surface area (Å²) in [6.45, 7) is 4.42. The molecule has 2 N–H and O–H groups in total. The number of urea groups is 1. The van der Waals surface area contributed by atoms with Gasteiger partial charge < -0.3 is 15.4 Å². The second-order valence-electron chi connectivity index (χ2n) is 10.8. The van der Waals surface area contributed by atoms with Crippen molar-refractivity contribution >= 4 is 21.6 Å². The van der Waals surface area contributed by atoms with Crippen molar-refractivity contribution in [2.24, 2.45) is 0 Å². The molecule has 8 heteroatoms. The van der Waals surface area contributed by atoms with Gasteiger partial charge in [-0.25, -0.2) is 13.2 Å². The lowest BCUT2D eigenvalue weighted by Crippen LogP contribution is -2.31. The van der Waals surface area contributed by atoms with E-state index in [2.05, 4.69) is 51.9 Å². The maximum atomic E-state index is 13.6. The van der Waals surface area contributed by atoms with E-state index in [9.17, 15) is 13.2 Å². The topological polar surface area (TPSA) is 87.7 Å². The first-order chi connectivity index (χ1) is 19.8. The Morgan fingerprint density at radius 2 is 1.68 bits per heavy atom. The molecular formula is C33H33N3O4S. The number of sulfone groups is 1. The lowest BCUT2D eigenvalue weighted by atomic mass is 10.00. The first kappa shape index (κ1) is 27.1. The molecule has 2 aliphatic rings. The van der Waals surface area contributed by atoms with Crippen LogP contribution in [0.5, 0.6) is 5.75 Å². The van der Waals surface area contributed by atoms with Gasteiger partial charge in [0.15, 0.2) is 9.84 Å². The van der Waals surface area contributed by atoms with Crippen LogP contribution in [0.25, 0.3) is 0 Å². The van der Waals surface area contributed by atoms with E-state index in [-0.39, 0.29) is 12.1 Å². The van der Waals surface area contributed by atoms with Gasteiger partial charge in [0.2, 0.25) is 0 Å². The molecule has 4 aromatic carbocycles. The van der Waals surface area contributed by atoms with Gasteiger partial charge >= 0.3 is 6.03 Å². The van der Waals surface area contributed by atoms with E-state index in [0.29, 0.717) is 17.0 Å². The SMILES string of the molecule is COc1ccc(C(C)NC(=O)Nc2ccc3c(c2)CC(c2ccc4c(c2)CN(Cc2ccccc2)C4)S3(=O)=O)cc1. The fourth-order valence-corrected chi connectivity index (χ4v) is 7.81. The van der Waals surface area contributed by atoms with E-state index in [1.165, 1.54) is 16.7 Å². The Kier molecular flexibility index (Phi) is 7.28. The number of rotatable bonds is 7. The molecule has 0 saturated heterocycles. The predicted molar refractivity (Wildman–Crippen MR) is 159 cm³/mol. The molecule has 41 heavy (non-hydrogen) atoms. The minimum absolute atomic E-state index is 0.219. The van der Waals surface area contributed by atoms with Gasteiger partial charge in [0.1, 0.15) is 5.75 Å². The second-order valence-corrected chi connectivity index (χ2v) is 12.9. The van der Waals surface area contributed by atoms with Crippen LogP contribution >= 0.6 is 0 Å². The van der Waals surface area contributed by atoms with Crippen molar-refractivity contribution < 1.29 is 17.9 Å². The van der Waals surface area contributed by atoms with Crippen molar-refractivity contribution in [2.75, 3.05) is 12.4 Å². The monoisotopic (exact) mass is 567 g/mol. The molecule has 2 atom stereocenters. The van der Waals surface area contributed by atoms with Crippen molar-refractivity contribution in [2.45, 2.75) is 49.2 Å². The fraction of sp³-hybridized carbons (Fsp3) is 0.242. The van der Waals surface area contributed by atoms with Gasteiger partial charge in [0, 0.05) is 25.3 Å². The molecule has 210 valence electrons. The Morgan fingerprint density at radius 3 is 2.44 bits per heavy atom. The van der Waals surface area contributed by atoms with Crippen molar-refractivity contribution in [3.63, 3.8) is 0 Å². The molecule has 0 aromatic heterocycles. The minimum Gasteiger partial charge on any atom is -0.497 e. The molecule has 0 fully saturated rings. The molecule has 0 saturated carbocycles. The Hall–Kier alpha value is -4.14. The molecule has 0 spiro atoms.